The number of H-pyrrole nitrogens is 1. The van der Waals surface area contributed by atoms with E-state index < -0.39 is 0 Å². The van der Waals surface area contributed by atoms with Crippen LogP contribution in [0.15, 0.2) is 66.3 Å². The van der Waals surface area contributed by atoms with Crippen LogP contribution >= 0.6 is 11.3 Å². The Labute approximate surface area is 173 Å². The first-order valence-corrected chi connectivity index (χ1v) is 10.2. The first-order chi connectivity index (χ1) is 14.2. The van der Waals surface area contributed by atoms with Gasteiger partial charge in [0.15, 0.2) is 11.4 Å². The highest BCUT2D eigenvalue weighted by Crippen LogP contribution is 2.23. The van der Waals surface area contributed by atoms with Crippen molar-refractivity contribution < 1.29 is 14.4 Å². The first-order valence-electron chi connectivity index (χ1n) is 9.25. The quantitative estimate of drug-likeness (QED) is 0.297. The zero-order valence-electron chi connectivity index (χ0n) is 16.5. The summed E-state index contributed by atoms with van der Waals surface area (Å²) in [6, 6.07) is 7.79. The van der Waals surface area contributed by atoms with Crippen molar-refractivity contribution in [2.45, 2.75) is 19.8 Å². The maximum atomic E-state index is 11.7. The maximum Gasteiger partial charge on any atom is 0.222 e. The topological polar surface area (TPSA) is 71.8 Å². The Balaban J connectivity index is 0.000000188. The average molecular weight is 408 g/mol. The third-order valence-corrected chi connectivity index (χ3v) is 4.94. The number of thiophene rings is 1. The lowest BCUT2D eigenvalue weighted by Gasteiger charge is -1.95. The number of nitrogens with one attached hydrogen (secondary N) is 1. The zero-order valence-corrected chi connectivity index (χ0v) is 17.3. The number of carbonyl (C=O) groups is 1. The predicted octanol–water partition coefficient (Wildman–Crippen LogP) is 4.04. The molecule has 4 heterocycles. The minimum absolute atomic E-state index is 0.136. The number of fused-ring (bicyclic) bond motifs is 1. The van der Waals surface area contributed by atoms with Gasteiger partial charge in [-0.2, -0.15) is 11.3 Å². The summed E-state index contributed by atoms with van der Waals surface area (Å²) in [7, 11) is 1.65. The second-order valence-electron chi connectivity index (χ2n) is 6.22. The van der Waals surface area contributed by atoms with Gasteiger partial charge in [-0.1, -0.05) is 19.9 Å². The van der Waals surface area contributed by atoms with Crippen molar-refractivity contribution in [3.05, 3.63) is 77.4 Å². The number of aromatic amines is 1. The van der Waals surface area contributed by atoms with Gasteiger partial charge in [-0.25, -0.2) is 9.97 Å². The van der Waals surface area contributed by atoms with E-state index in [1.165, 1.54) is 18.1 Å². The van der Waals surface area contributed by atoms with Gasteiger partial charge in [0.25, 0.3) is 0 Å². The molecule has 29 heavy (non-hydrogen) atoms. The number of imidazole rings is 1. The summed E-state index contributed by atoms with van der Waals surface area (Å²) < 4.78 is 1.68. The van der Waals surface area contributed by atoms with Crippen LogP contribution in [0.4, 0.5) is 0 Å². The van der Waals surface area contributed by atoms with Crippen LogP contribution in [0.1, 0.15) is 29.3 Å². The Bertz CT molecular complexity index is 1090. The molecule has 0 aliphatic heterocycles. The largest absolute Gasteiger partial charge is 0.336 e. The van der Waals surface area contributed by atoms with Crippen molar-refractivity contribution in [3.63, 3.8) is 0 Å². The highest BCUT2D eigenvalue weighted by molar-refractivity contribution is 7.08. The molecule has 0 aliphatic carbocycles. The number of aryl methyl sites for hydroxylation is 1. The second-order valence-corrected chi connectivity index (χ2v) is 7.00. The van der Waals surface area contributed by atoms with Gasteiger partial charge >= 0.3 is 0 Å². The fourth-order valence-corrected chi connectivity index (χ4v) is 3.42. The molecule has 6 nitrogen and oxygen atoms in total. The molecule has 0 unspecified atom stereocenters. The molecule has 7 heteroatoms. The van der Waals surface area contributed by atoms with E-state index >= 15 is 0 Å². The van der Waals surface area contributed by atoms with Crippen molar-refractivity contribution in [1.29, 1.82) is 0 Å². The van der Waals surface area contributed by atoms with Gasteiger partial charge in [0, 0.05) is 34.0 Å². The SMILES string of the molecule is C=CC(=O)c1ccnc2nc(-c3ccsc3)[nH]c12.CCCc1cc[n+](OC)cc1. The number of nitrogens with zero attached hydrogens (tertiary/aromatic N) is 3. The van der Waals surface area contributed by atoms with Crippen molar-refractivity contribution in [2.24, 2.45) is 0 Å². The van der Waals surface area contributed by atoms with Crippen LogP contribution in [0.2, 0.25) is 0 Å². The van der Waals surface area contributed by atoms with Crippen LogP contribution in [0.25, 0.3) is 22.6 Å². The summed E-state index contributed by atoms with van der Waals surface area (Å²) in [5.74, 6) is 0.589. The van der Waals surface area contributed by atoms with E-state index in [1.54, 1.807) is 35.4 Å². The van der Waals surface area contributed by atoms with Gasteiger partial charge in [0.1, 0.15) is 12.9 Å². The minimum Gasteiger partial charge on any atom is -0.336 e. The van der Waals surface area contributed by atoms with Crippen LogP contribution in [0, 0.1) is 0 Å². The van der Waals surface area contributed by atoms with Crippen molar-refractivity contribution in [1.82, 2.24) is 15.0 Å². The van der Waals surface area contributed by atoms with Gasteiger partial charge in [0.2, 0.25) is 12.4 Å². The molecular weight excluding hydrogens is 384 g/mol. The average Bonchev–Trinajstić information content (AvgIpc) is 3.44. The molecule has 0 aliphatic rings. The normalized spacial score (nSPS) is 10.3. The number of hydrogen-bond acceptors (Lipinski definition) is 5. The van der Waals surface area contributed by atoms with Crippen LogP contribution in [0.3, 0.4) is 0 Å². The van der Waals surface area contributed by atoms with E-state index in [9.17, 15) is 4.79 Å². The standard InChI is InChI=1S/C13H9N3OS.C9H14NO/c1-2-10(17)9-3-5-14-13-11(9)15-12(16-13)8-4-6-18-7-8;1-3-4-9-5-7-10(11-2)8-6-9/h2-7H,1H2,(H,14,15,16);5-8H,3-4H2,1-2H3/q;+1. The Morgan fingerprint density at radius 2 is 2.10 bits per heavy atom. The molecule has 0 fully saturated rings. The molecule has 0 radical (unpaired) electrons. The fourth-order valence-electron chi connectivity index (χ4n) is 2.78. The molecule has 1 N–H and O–H groups in total. The molecule has 0 spiro atoms. The molecule has 0 atom stereocenters. The van der Waals surface area contributed by atoms with Gasteiger partial charge in [-0.15, -0.1) is 0 Å². The van der Waals surface area contributed by atoms with E-state index in [-0.39, 0.29) is 5.78 Å². The molecule has 148 valence electrons. The number of carbonyl (C=O) groups excluding carboxylic acids is 1. The molecule has 0 aromatic carbocycles. The van der Waals surface area contributed by atoms with Crippen LogP contribution in [0.5, 0.6) is 0 Å². The van der Waals surface area contributed by atoms with E-state index in [2.05, 4.69) is 40.6 Å². The highest BCUT2D eigenvalue weighted by atomic mass is 32.1. The highest BCUT2D eigenvalue weighted by Gasteiger charge is 2.13. The summed E-state index contributed by atoms with van der Waals surface area (Å²) in [4.78, 5) is 28.4. The Morgan fingerprint density at radius 3 is 2.72 bits per heavy atom. The molecule has 0 bridgehead atoms. The Morgan fingerprint density at radius 1 is 1.31 bits per heavy atom. The van der Waals surface area contributed by atoms with E-state index in [0.717, 1.165) is 17.8 Å². The van der Waals surface area contributed by atoms with Gasteiger partial charge in [-0.3, -0.25) is 9.63 Å². The number of allylic oxidation sites excluding steroid dienone is 1. The summed E-state index contributed by atoms with van der Waals surface area (Å²) >= 11 is 1.60. The van der Waals surface area contributed by atoms with Gasteiger partial charge in [0.05, 0.1) is 11.1 Å². The molecule has 4 aromatic heterocycles. The molecular formula is C22H23N4O2S+. The van der Waals surface area contributed by atoms with Crippen LogP contribution in [-0.2, 0) is 6.42 Å². The molecule has 4 aromatic rings. The van der Waals surface area contributed by atoms with Crippen LogP contribution in [-0.4, -0.2) is 27.8 Å². The van der Waals surface area contributed by atoms with Gasteiger partial charge < -0.3 is 4.98 Å². The zero-order chi connectivity index (χ0) is 20.6. The monoisotopic (exact) mass is 407 g/mol. The molecule has 0 saturated carbocycles. The second kappa shape index (κ2) is 9.75. The van der Waals surface area contributed by atoms with Crippen molar-refractivity contribution in [3.8, 4) is 11.4 Å². The third kappa shape index (κ3) is 4.94. The molecule has 0 amide bonds. The fraction of sp³-hybridized carbons (Fsp3) is 0.182. The van der Waals surface area contributed by atoms with E-state index in [1.807, 2.05) is 29.2 Å². The van der Waals surface area contributed by atoms with Gasteiger partial charge in [-0.05, 0) is 35.6 Å². The number of hydrogen-bond donors (Lipinski definition) is 1. The van der Waals surface area contributed by atoms with Crippen molar-refractivity contribution >= 4 is 28.3 Å². The number of rotatable bonds is 6. The minimum atomic E-state index is -0.136. The van der Waals surface area contributed by atoms with Crippen molar-refractivity contribution in [2.75, 3.05) is 7.11 Å². The smallest absolute Gasteiger partial charge is 0.222 e. The summed E-state index contributed by atoms with van der Waals surface area (Å²) in [6.45, 7) is 5.68. The maximum absolute atomic E-state index is 11.7. The number of aromatic nitrogens is 4. The van der Waals surface area contributed by atoms with E-state index in [0.29, 0.717) is 16.7 Å². The first kappa shape index (κ1) is 20.4. The Hall–Kier alpha value is -3.32. The lowest BCUT2D eigenvalue weighted by atomic mass is 10.1. The van der Waals surface area contributed by atoms with Crippen LogP contribution < -0.4 is 9.57 Å². The molecule has 4 rings (SSSR count). The number of pyridine rings is 2. The summed E-state index contributed by atoms with van der Waals surface area (Å²) in [6.07, 6.45) is 9.05. The lowest BCUT2D eigenvalue weighted by Crippen LogP contribution is -2.39. The third-order valence-electron chi connectivity index (χ3n) is 4.26. The predicted molar refractivity (Wildman–Crippen MR) is 115 cm³/mol. The summed E-state index contributed by atoms with van der Waals surface area (Å²) in [5, 5.41) is 3.97. The lowest BCUT2D eigenvalue weighted by molar-refractivity contribution is -0.885. The number of ketones is 1. The molecule has 0 saturated heterocycles. The van der Waals surface area contributed by atoms with E-state index in [4.69, 9.17) is 4.84 Å². The Kier molecular flexibility index (Phi) is 6.86. The summed E-state index contributed by atoms with van der Waals surface area (Å²) in [5.41, 5.74) is 4.10.